The average Bonchev–Trinajstić information content (AvgIpc) is 2.39. The molecule has 1 heterocycles. The first kappa shape index (κ1) is 11.8. The highest BCUT2D eigenvalue weighted by atomic mass is 35.5. The van der Waals surface area contributed by atoms with Crippen LogP contribution in [0.4, 0.5) is 5.69 Å². The summed E-state index contributed by atoms with van der Waals surface area (Å²) < 4.78 is 0. The molecule has 0 aliphatic carbocycles. The van der Waals surface area contributed by atoms with E-state index in [0.717, 1.165) is 17.7 Å². The molecule has 88 valence electrons. The maximum Gasteiger partial charge on any atom is 0.0480 e. The quantitative estimate of drug-likeness (QED) is 0.635. The molecular weight excluding hydrogens is 232 g/mol. The van der Waals surface area contributed by atoms with E-state index in [0.29, 0.717) is 5.88 Å². The van der Waals surface area contributed by atoms with Crippen LogP contribution in [0, 0.1) is 0 Å². The van der Waals surface area contributed by atoms with E-state index in [9.17, 15) is 0 Å². The van der Waals surface area contributed by atoms with Crippen molar-refractivity contribution >= 4 is 28.9 Å². The minimum Gasteiger partial charge on any atom is -0.405 e. The Bertz CT molecular complexity index is 487. The molecule has 0 saturated heterocycles. The van der Waals surface area contributed by atoms with Crippen molar-refractivity contribution in [2.24, 2.45) is 5.73 Å². The van der Waals surface area contributed by atoms with Gasteiger partial charge in [-0.05, 0) is 41.1 Å². The van der Waals surface area contributed by atoms with Gasteiger partial charge in [-0.3, -0.25) is 0 Å². The van der Waals surface area contributed by atoms with Crippen LogP contribution in [-0.4, -0.2) is 12.4 Å². The number of allylic oxidation sites excluding steroid dienone is 3. The van der Waals surface area contributed by atoms with Crippen molar-refractivity contribution in [3.63, 3.8) is 0 Å². The normalized spacial score (nSPS) is 14.8. The predicted molar refractivity (Wildman–Crippen MR) is 76.0 cm³/mol. The first-order chi connectivity index (χ1) is 8.35. The van der Waals surface area contributed by atoms with Crippen LogP contribution in [0.1, 0.15) is 11.1 Å². The second-order valence-electron chi connectivity index (χ2n) is 3.80. The Labute approximate surface area is 106 Å². The maximum absolute atomic E-state index is 5.94. The number of nitrogens with one attached hydrogen (secondary N) is 1. The molecule has 0 atom stereocenters. The van der Waals surface area contributed by atoms with Crippen LogP contribution in [0.15, 0.2) is 42.6 Å². The highest BCUT2D eigenvalue weighted by Crippen LogP contribution is 2.26. The topological polar surface area (TPSA) is 38.0 Å². The molecule has 0 aromatic heterocycles. The molecular formula is C14H15ClN2. The fourth-order valence-electron chi connectivity index (χ4n) is 1.81. The van der Waals surface area contributed by atoms with Crippen molar-refractivity contribution in [3.8, 4) is 0 Å². The molecule has 17 heavy (non-hydrogen) atoms. The number of hydrogen-bond acceptors (Lipinski definition) is 2. The van der Waals surface area contributed by atoms with Crippen molar-refractivity contribution in [1.29, 1.82) is 0 Å². The predicted octanol–water partition coefficient (Wildman–Crippen LogP) is 3.22. The standard InChI is InChI=1S/C14H15ClN2/c15-10-13(3-1-7-16)11-5-6-14-12(9-11)4-2-8-17-14/h1-7,9,17H,8,10,16H2/b7-1-,13-3+. The van der Waals surface area contributed by atoms with Crippen LogP contribution in [0.2, 0.25) is 0 Å². The van der Waals surface area contributed by atoms with E-state index < -0.39 is 0 Å². The number of halogens is 1. The van der Waals surface area contributed by atoms with Crippen molar-refractivity contribution < 1.29 is 0 Å². The molecule has 3 N–H and O–H groups in total. The summed E-state index contributed by atoms with van der Waals surface area (Å²) in [6.07, 6.45) is 9.47. The summed E-state index contributed by atoms with van der Waals surface area (Å²) in [6, 6.07) is 6.29. The van der Waals surface area contributed by atoms with E-state index in [4.69, 9.17) is 17.3 Å². The maximum atomic E-state index is 5.94. The van der Waals surface area contributed by atoms with E-state index in [-0.39, 0.29) is 0 Å². The fourth-order valence-corrected chi connectivity index (χ4v) is 2.05. The summed E-state index contributed by atoms with van der Waals surface area (Å²) in [5.74, 6) is 0.472. The Morgan fingerprint density at radius 3 is 3.12 bits per heavy atom. The molecule has 0 fully saturated rings. The number of anilines is 1. The van der Waals surface area contributed by atoms with Crippen LogP contribution in [0.3, 0.4) is 0 Å². The Morgan fingerprint density at radius 2 is 2.35 bits per heavy atom. The Hall–Kier alpha value is -1.67. The minimum atomic E-state index is 0.472. The first-order valence-electron chi connectivity index (χ1n) is 5.53. The molecule has 0 saturated carbocycles. The minimum absolute atomic E-state index is 0.472. The van der Waals surface area contributed by atoms with Crippen molar-refractivity contribution in [3.05, 3.63) is 53.8 Å². The van der Waals surface area contributed by atoms with Gasteiger partial charge in [0.15, 0.2) is 0 Å². The third-order valence-electron chi connectivity index (χ3n) is 2.68. The second-order valence-corrected chi connectivity index (χ2v) is 4.06. The SMILES string of the molecule is N/C=C\C=C(/CCl)c1ccc2c(c1)C=CCN2. The molecule has 2 nitrogen and oxygen atoms in total. The van der Waals surface area contributed by atoms with Gasteiger partial charge >= 0.3 is 0 Å². The Kier molecular flexibility index (Phi) is 3.89. The molecule has 0 amide bonds. The van der Waals surface area contributed by atoms with Crippen LogP contribution in [0.5, 0.6) is 0 Å². The van der Waals surface area contributed by atoms with E-state index in [1.54, 1.807) is 6.08 Å². The zero-order valence-corrected chi connectivity index (χ0v) is 10.2. The zero-order valence-electron chi connectivity index (χ0n) is 9.49. The van der Waals surface area contributed by atoms with Gasteiger partial charge in [0.2, 0.25) is 0 Å². The number of nitrogens with two attached hydrogens (primary N) is 1. The molecule has 1 aromatic carbocycles. The fraction of sp³-hybridized carbons (Fsp3) is 0.143. The lowest BCUT2D eigenvalue weighted by Crippen LogP contribution is -2.04. The number of hydrogen-bond donors (Lipinski definition) is 2. The van der Waals surface area contributed by atoms with Gasteiger partial charge in [0.05, 0.1) is 0 Å². The molecule has 0 radical (unpaired) electrons. The summed E-state index contributed by atoms with van der Waals surface area (Å²) in [4.78, 5) is 0. The zero-order chi connectivity index (χ0) is 12.1. The average molecular weight is 247 g/mol. The van der Waals surface area contributed by atoms with Crippen LogP contribution >= 0.6 is 11.6 Å². The van der Waals surface area contributed by atoms with Crippen molar-refractivity contribution in [2.45, 2.75) is 0 Å². The molecule has 1 aliphatic rings. The molecule has 2 rings (SSSR count). The number of rotatable bonds is 3. The highest BCUT2D eigenvalue weighted by Gasteiger charge is 2.06. The van der Waals surface area contributed by atoms with Gasteiger partial charge in [-0.1, -0.05) is 24.3 Å². The van der Waals surface area contributed by atoms with Crippen molar-refractivity contribution in [1.82, 2.24) is 0 Å². The third kappa shape index (κ3) is 2.71. The van der Waals surface area contributed by atoms with Gasteiger partial charge in [0.25, 0.3) is 0 Å². The molecule has 0 unspecified atom stereocenters. The van der Waals surface area contributed by atoms with Gasteiger partial charge < -0.3 is 11.1 Å². The van der Waals surface area contributed by atoms with Gasteiger partial charge in [-0.2, -0.15) is 0 Å². The van der Waals surface area contributed by atoms with E-state index >= 15 is 0 Å². The van der Waals surface area contributed by atoms with Gasteiger partial charge in [0, 0.05) is 18.1 Å². The van der Waals surface area contributed by atoms with Gasteiger partial charge in [-0.15, -0.1) is 11.6 Å². The summed E-state index contributed by atoms with van der Waals surface area (Å²) in [6.45, 7) is 0.889. The van der Waals surface area contributed by atoms with Gasteiger partial charge in [-0.25, -0.2) is 0 Å². The van der Waals surface area contributed by atoms with E-state index in [1.165, 1.54) is 17.5 Å². The first-order valence-corrected chi connectivity index (χ1v) is 6.07. The smallest absolute Gasteiger partial charge is 0.0480 e. The summed E-state index contributed by atoms with van der Waals surface area (Å²) in [5.41, 5.74) is 9.89. The number of alkyl halides is 1. The monoisotopic (exact) mass is 246 g/mol. The highest BCUT2D eigenvalue weighted by molar-refractivity contribution is 6.23. The van der Waals surface area contributed by atoms with Gasteiger partial charge in [0.1, 0.15) is 0 Å². The summed E-state index contributed by atoms with van der Waals surface area (Å²) in [7, 11) is 0. The lowest BCUT2D eigenvalue weighted by atomic mass is 10.0. The van der Waals surface area contributed by atoms with Crippen LogP contribution in [0.25, 0.3) is 11.6 Å². The molecule has 0 bridgehead atoms. The lowest BCUT2D eigenvalue weighted by Gasteiger charge is -2.14. The van der Waals surface area contributed by atoms with Crippen LogP contribution < -0.4 is 11.1 Å². The largest absolute Gasteiger partial charge is 0.405 e. The molecule has 1 aliphatic heterocycles. The van der Waals surface area contributed by atoms with E-state index in [1.807, 2.05) is 6.08 Å². The molecule has 3 heteroatoms. The van der Waals surface area contributed by atoms with E-state index in [2.05, 4.69) is 35.7 Å². The summed E-state index contributed by atoms with van der Waals surface area (Å²) in [5, 5.41) is 3.32. The molecule has 0 spiro atoms. The lowest BCUT2D eigenvalue weighted by molar-refractivity contribution is 1.31. The molecule has 1 aromatic rings. The Balaban J connectivity index is 2.36. The number of fused-ring (bicyclic) bond motifs is 1. The summed E-state index contributed by atoms with van der Waals surface area (Å²) >= 11 is 5.94. The van der Waals surface area contributed by atoms with Crippen molar-refractivity contribution in [2.75, 3.05) is 17.7 Å². The Morgan fingerprint density at radius 1 is 1.47 bits per heavy atom. The van der Waals surface area contributed by atoms with Crippen LogP contribution in [-0.2, 0) is 0 Å². The number of benzene rings is 1. The third-order valence-corrected chi connectivity index (χ3v) is 2.97. The second kappa shape index (κ2) is 5.60.